The summed E-state index contributed by atoms with van der Waals surface area (Å²) in [4.78, 5) is 24.6. The quantitative estimate of drug-likeness (QED) is 0.529. The van der Waals surface area contributed by atoms with Crippen molar-refractivity contribution in [3.8, 4) is 5.75 Å². The van der Waals surface area contributed by atoms with E-state index in [9.17, 15) is 9.59 Å². The number of benzene rings is 2. The molecule has 7 nitrogen and oxygen atoms in total. The van der Waals surface area contributed by atoms with E-state index >= 15 is 0 Å². The van der Waals surface area contributed by atoms with Gasteiger partial charge in [0.1, 0.15) is 17.3 Å². The van der Waals surface area contributed by atoms with Crippen LogP contribution in [0.3, 0.4) is 0 Å². The van der Waals surface area contributed by atoms with E-state index in [1.54, 1.807) is 0 Å². The fraction of sp³-hybridized carbons (Fsp3) is 0.333. The van der Waals surface area contributed by atoms with E-state index in [2.05, 4.69) is 21.5 Å². The molecule has 0 saturated carbocycles. The number of thioether (sulfide) groups is 1. The van der Waals surface area contributed by atoms with Crippen LogP contribution < -0.4 is 26.2 Å². The van der Waals surface area contributed by atoms with E-state index in [0.29, 0.717) is 13.0 Å². The topological polar surface area (TPSA) is 91.5 Å². The van der Waals surface area contributed by atoms with Gasteiger partial charge in [0.25, 0.3) is 0 Å². The number of rotatable bonds is 8. The number of hydrogen-bond acceptors (Lipinski definition) is 6. The maximum atomic E-state index is 12.4. The van der Waals surface area contributed by atoms with Crippen molar-refractivity contribution in [2.24, 2.45) is 0 Å². The molecule has 0 radical (unpaired) electrons. The van der Waals surface area contributed by atoms with Crippen LogP contribution in [-0.2, 0) is 16.0 Å². The molecule has 2 unspecified atom stereocenters. The van der Waals surface area contributed by atoms with E-state index < -0.39 is 0 Å². The van der Waals surface area contributed by atoms with E-state index in [4.69, 9.17) is 4.74 Å². The van der Waals surface area contributed by atoms with Gasteiger partial charge in [-0.25, -0.2) is 10.9 Å². The first kappa shape index (κ1) is 21.2. The Morgan fingerprint density at radius 2 is 1.90 bits per heavy atom. The highest BCUT2D eigenvalue weighted by Gasteiger charge is 2.27. The largest absolute Gasteiger partial charge is 0.494 e. The molecule has 154 valence electrons. The van der Waals surface area contributed by atoms with Crippen molar-refractivity contribution in [2.75, 3.05) is 17.7 Å². The van der Waals surface area contributed by atoms with E-state index in [-0.39, 0.29) is 29.1 Å². The van der Waals surface area contributed by atoms with Crippen LogP contribution in [0.5, 0.6) is 5.75 Å². The molecule has 1 aliphatic heterocycles. The van der Waals surface area contributed by atoms with Crippen LogP contribution in [0.15, 0.2) is 48.5 Å². The van der Waals surface area contributed by atoms with Crippen molar-refractivity contribution in [2.45, 2.75) is 31.8 Å². The van der Waals surface area contributed by atoms with Crippen LogP contribution in [0, 0.1) is 6.92 Å². The molecule has 1 fully saturated rings. The maximum Gasteiger partial charge on any atom is 0.240 e. The average molecular weight is 415 g/mol. The number of carbonyl (C=O) groups excluding carboxylic acids is 2. The molecule has 1 aliphatic rings. The SMILES string of the molecule is CCOc1ccc(CC2NNC(SCC(=O)Nc3ccccc3C)NC2=O)cc1. The Morgan fingerprint density at radius 1 is 1.14 bits per heavy atom. The molecule has 0 spiro atoms. The molecule has 8 heteroatoms. The monoisotopic (exact) mass is 414 g/mol. The molecule has 29 heavy (non-hydrogen) atoms. The minimum absolute atomic E-state index is 0.102. The Kier molecular flexibility index (Phi) is 7.51. The summed E-state index contributed by atoms with van der Waals surface area (Å²) in [5.74, 6) is 0.819. The van der Waals surface area contributed by atoms with Crippen LogP contribution >= 0.6 is 11.8 Å². The lowest BCUT2D eigenvalue weighted by Crippen LogP contribution is -2.64. The number of nitrogens with one attached hydrogen (secondary N) is 4. The van der Waals surface area contributed by atoms with Crippen LogP contribution in [0.25, 0.3) is 0 Å². The second-order valence-corrected chi connectivity index (χ2v) is 7.78. The van der Waals surface area contributed by atoms with Gasteiger partial charge in [-0.15, -0.1) is 11.8 Å². The number of aryl methyl sites for hydroxylation is 1. The van der Waals surface area contributed by atoms with Gasteiger partial charge in [-0.1, -0.05) is 30.3 Å². The Labute approximate surface area is 174 Å². The first-order valence-corrected chi connectivity index (χ1v) is 10.6. The van der Waals surface area contributed by atoms with Gasteiger partial charge in [0, 0.05) is 5.69 Å². The van der Waals surface area contributed by atoms with Gasteiger partial charge in [-0.3, -0.25) is 9.59 Å². The van der Waals surface area contributed by atoms with E-state index in [1.165, 1.54) is 11.8 Å². The molecule has 0 aliphatic carbocycles. The zero-order valence-corrected chi connectivity index (χ0v) is 17.3. The minimum Gasteiger partial charge on any atom is -0.494 e. The third-order valence-corrected chi connectivity index (χ3v) is 5.45. The number of anilines is 1. The fourth-order valence-corrected chi connectivity index (χ4v) is 3.66. The Balaban J connectivity index is 1.43. The molecule has 2 amide bonds. The van der Waals surface area contributed by atoms with Crippen molar-refractivity contribution in [3.05, 3.63) is 59.7 Å². The lowest BCUT2D eigenvalue weighted by molar-refractivity contribution is -0.125. The van der Waals surface area contributed by atoms with Crippen molar-refractivity contribution in [3.63, 3.8) is 0 Å². The first-order chi connectivity index (χ1) is 14.0. The molecule has 2 aromatic carbocycles. The van der Waals surface area contributed by atoms with Gasteiger partial charge in [-0.2, -0.15) is 0 Å². The van der Waals surface area contributed by atoms with Gasteiger partial charge < -0.3 is 15.4 Å². The standard InChI is InChI=1S/C21H26N4O3S/c1-3-28-16-10-8-15(9-11-16)12-18-20(27)23-21(25-24-18)29-13-19(26)22-17-7-5-4-6-14(17)2/h4-11,18,21,24-25H,3,12-13H2,1-2H3,(H,22,26)(H,23,27). The zero-order valence-electron chi connectivity index (χ0n) is 16.5. The van der Waals surface area contributed by atoms with Gasteiger partial charge >= 0.3 is 0 Å². The molecular weight excluding hydrogens is 388 g/mol. The molecule has 1 heterocycles. The lowest BCUT2D eigenvalue weighted by atomic mass is 10.1. The highest BCUT2D eigenvalue weighted by atomic mass is 32.2. The number of ether oxygens (including phenoxy) is 1. The number of amides is 2. The second kappa shape index (κ2) is 10.3. The van der Waals surface area contributed by atoms with Crippen molar-refractivity contribution < 1.29 is 14.3 Å². The number of carbonyl (C=O) groups is 2. The second-order valence-electron chi connectivity index (χ2n) is 6.69. The highest BCUT2D eigenvalue weighted by Crippen LogP contribution is 2.16. The van der Waals surface area contributed by atoms with Gasteiger partial charge in [0.15, 0.2) is 0 Å². The summed E-state index contributed by atoms with van der Waals surface area (Å²) in [6, 6.07) is 14.9. The third-order valence-electron chi connectivity index (χ3n) is 4.45. The molecule has 0 aromatic heterocycles. The third kappa shape index (κ3) is 6.22. The van der Waals surface area contributed by atoms with E-state index in [1.807, 2.05) is 62.4 Å². The predicted octanol–water partition coefficient (Wildman–Crippen LogP) is 2.18. The summed E-state index contributed by atoms with van der Waals surface area (Å²) >= 11 is 1.32. The maximum absolute atomic E-state index is 12.4. The number of hydrazine groups is 1. The van der Waals surface area contributed by atoms with Gasteiger partial charge in [0.2, 0.25) is 11.8 Å². The fourth-order valence-electron chi connectivity index (χ4n) is 2.92. The van der Waals surface area contributed by atoms with Crippen molar-refractivity contribution in [1.82, 2.24) is 16.2 Å². The lowest BCUT2D eigenvalue weighted by Gasteiger charge is -2.31. The summed E-state index contributed by atoms with van der Waals surface area (Å²) in [6.45, 7) is 4.51. The normalized spacial score (nSPS) is 18.8. The Hall–Kier alpha value is -2.55. The summed E-state index contributed by atoms with van der Waals surface area (Å²) < 4.78 is 5.43. The smallest absolute Gasteiger partial charge is 0.240 e. The highest BCUT2D eigenvalue weighted by molar-refractivity contribution is 8.00. The summed E-state index contributed by atoms with van der Waals surface area (Å²) in [6.07, 6.45) is 0.552. The first-order valence-electron chi connectivity index (χ1n) is 9.55. The molecule has 4 N–H and O–H groups in total. The molecule has 2 aromatic rings. The van der Waals surface area contributed by atoms with Crippen LogP contribution in [0.2, 0.25) is 0 Å². The summed E-state index contributed by atoms with van der Waals surface area (Å²) in [7, 11) is 0. The molecule has 3 rings (SSSR count). The van der Waals surface area contributed by atoms with Crippen LogP contribution in [-0.4, -0.2) is 35.7 Å². The van der Waals surface area contributed by atoms with Crippen molar-refractivity contribution >= 4 is 29.3 Å². The van der Waals surface area contributed by atoms with Gasteiger partial charge in [-0.05, 0) is 49.6 Å². The number of hydrogen-bond donors (Lipinski definition) is 4. The average Bonchev–Trinajstić information content (AvgIpc) is 2.71. The molecular formula is C21H26N4O3S. The predicted molar refractivity (Wildman–Crippen MR) is 116 cm³/mol. The van der Waals surface area contributed by atoms with Crippen LogP contribution in [0.4, 0.5) is 5.69 Å². The summed E-state index contributed by atoms with van der Waals surface area (Å²) in [5.41, 5.74) is 8.57. The Morgan fingerprint density at radius 3 is 2.59 bits per heavy atom. The van der Waals surface area contributed by atoms with Crippen molar-refractivity contribution in [1.29, 1.82) is 0 Å². The molecule has 0 bridgehead atoms. The van der Waals surface area contributed by atoms with Crippen LogP contribution in [0.1, 0.15) is 18.1 Å². The molecule has 1 saturated heterocycles. The zero-order chi connectivity index (χ0) is 20.6. The Bertz CT molecular complexity index is 844. The molecule has 2 atom stereocenters. The number of para-hydroxylation sites is 1. The van der Waals surface area contributed by atoms with Gasteiger partial charge in [0.05, 0.1) is 12.4 Å². The summed E-state index contributed by atoms with van der Waals surface area (Å²) in [5, 5.41) is 5.78. The van der Waals surface area contributed by atoms with E-state index in [0.717, 1.165) is 22.6 Å². The minimum atomic E-state index is -0.384.